The van der Waals surface area contributed by atoms with Gasteiger partial charge in [0.25, 0.3) is 0 Å². The van der Waals surface area contributed by atoms with E-state index in [0.717, 1.165) is 5.56 Å². The molecule has 0 bridgehead atoms. The molecular formula is C24H37N5O6S. The van der Waals surface area contributed by atoms with Gasteiger partial charge in [-0.3, -0.25) is 19.2 Å². The van der Waals surface area contributed by atoms with Crippen LogP contribution in [-0.2, 0) is 30.4 Å². The molecule has 0 aliphatic heterocycles. The van der Waals surface area contributed by atoms with E-state index in [9.17, 15) is 29.1 Å². The van der Waals surface area contributed by atoms with Crippen LogP contribution in [0, 0.1) is 5.92 Å². The Morgan fingerprint density at radius 2 is 1.47 bits per heavy atom. The first-order valence-corrected chi connectivity index (χ1v) is 13.0. The smallest absolute Gasteiger partial charge is 0.326 e. The molecule has 0 heterocycles. The topological polar surface area (TPSA) is 194 Å². The second-order valence-corrected chi connectivity index (χ2v) is 9.89. The highest BCUT2D eigenvalue weighted by Crippen LogP contribution is 2.09. The van der Waals surface area contributed by atoms with Crippen LogP contribution in [0.25, 0.3) is 0 Å². The van der Waals surface area contributed by atoms with Crippen molar-refractivity contribution < 1.29 is 29.1 Å². The van der Waals surface area contributed by atoms with Gasteiger partial charge in [-0.2, -0.15) is 11.8 Å². The molecule has 4 atom stereocenters. The van der Waals surface area contributed by atoms with E-state index in [-0.39, 0.29) is 25.2 Å². The summed E-state index contributed by atoms with van der Waals surface area (Å²) >= 11 is 1.46. The van der Waals surface area contributed by atoms with Crippen molar-refractivity contribution in [3.8, 4) is 0 Å². The van der Waals surface area contributed by atoms with Gasteiger partial charge in [0.2, 0.25) is 23.6 Å². The van der Waals surface area contributed by atoms with Crippen molar-refractivity contribution in [3.63, 3.8) is 0 Å². The summed E-state index contributed by atoms with van der Waals surface area (Å²) in [5, 5.41) is 17.2. The number of primary amides is 1. The molecule has 11 nitrogen and oxygen atoms in total. The summed E-state index contributed by atoms with van der Waals surface area (Å²) in [6.07, 6.45) is 2.03. The van der Waals surface area contributed by atoms with Crippen LogP contribution in [-0.4, -0.2) is 70.9 Å². The van der Waals surface area contributed by atoms with Crippen LogP contribution in [0.4, 0.5) is 0 Å². The molecule has 4 unspecified atom stereocenters. The first-order chi connectivity index (χ1) is 16.9. The molecule has 12 heteroatoms. The molecule has 0 radical (unpaired) electrons. The maximum Gasteiger partial charge on any atom is 0.326 e. The van der Waals surface area contributed by atoms with E-state index in [4.69, 9.17) is 11.5 Å². The fourth-order valence-corrected chi connectivity index (χ4v) is 3.86. The standard InChI is InChI=1S/C24H37N5O6S/c1-14(2)11-19(24(34)35)29-22(32)17(9-10-36-3)27-23(33)18(12-15-7-5-4-6-8-15)28-21(31)16(25)13-20(26)30/h4-8,14,16-19H,9-13,25H2,1-3H3,(H2,26,30)(H,27,33)(H,28,31)(H,29,32)(H,34,35). The van der Waals surface area contributed by atoms with Crippen molar-refractivity contribution in [2.24, 2.45) is 17.4 Å². The van der Waals surface area contributed by atoms with E-state index in [1.54, 1.807) is 30.3 Å². The van der Waals surface area contributed by atoms with Gasteiger partial charge >= 0.3 is 5.97 Å². The Morgan fingerprint density at radius 1 is 0.917 bits per heavy atom. The lowest BCUT2D eigenvalue weighted by Gasteiger charge is -2.25. The quantitative estimate of drug-likeness (QED) is 0.171. The fourth-order valence-electron chi connectivity index (χ4n) is 3.39. The summed E-state index contributed by atoms with van der Waals surface area (Å²) in [5.74, 6) is -3.37. The second-order valence-electron chi connectivity index (χ2n) is 8.90. The molecule has 0 spiro atoms. The normalized spacial score (nSPS) is 14.2. The van der Waals surface area contributed by atoms with Gasteiger partial charge in [-0.05, 0) is 36.3 Å². The lowest BCUT2D eigenvalue weighted by atomic mass is 10.0. The van der Waals surface area contributed by atoms with Crippen LogP contribution in [0.5, 0.6) is 0 Å². The third kappa shape index (κ3) is 11.5. The summed E-state index contributed by atoms with van der Waals surface area (Å²) in [7, 11) is 0. The number of nitrogens with two attached hydrogens (primary N) is 2. The van der Waals surface area contributed by atoms with Gasteiger partial charge in [-0.25, -0.2) is 4.79 Å². The largest absolute Gasteiger partial charge is 0.480 e. The Balaban J connectivity index is 3.08. The summed E-state index contributed by atoms with van der Waals surface area (Å²) < 4.78 is 0. The zero-order valence-electron chi connectivity index (χ0n) is 20.9. The number of nitrogens with one attached hydrogen (secondary N) is 3. The Kier molecular flexibility index (Phi) is 13.6. The molecular weight excluding hydrogens is 486 g/mol. The number of amides is 4. The third-order valence-corrected chi connectivity index (χ3v) is 5.88. The molecule has 36 heavy (non-hydrogen) atoms. The van der Waals surface area contributed by atoms with Gasteiger partial charge in [0.1, 0.15) is 18.1 Å². The number of hydrogen-bond donors (Lipinski definition) is 6. The van der Waals surface area contributed by atoms with Crippen LogP contribution in [0.15, 0.2) is 30.3 Å². The van der Waals surface area contributed by atoms with Crippen LogP contribution in [0.1, 0.15) is 38.7 Å². The van der Waals surface area contributed by atoms with Crippen molar-refractivity contribution in [2.75, 3.05) is 12.0 Å². The number of benzene rings is 1. The Morgan fingerprint density at radius 3 is 2.00 bits per heavy atom. The Labute approximate surface area is 215 Å². The average Bonchev–Trinajstić information content (AvgIpc) is 2.80. The van der Waals surface area contributed by atoms with Gasteiger partial charge in [0.05, 0.1) is 12.5 Å². The molecule has 0 aromatic heterocycles. The minimum Gasteiger partial charge on any atom is -0.480 e. The minimum absolute atomic E-state index is 0.0284. The predicted octanol–water partition coefficient (Wildman–Crippen LogP) is -0.230. The minimum atomic E-state index is -1.24. The number of carbonyl (C=O) groups is 5. The predicted molar refractivity (Wildman–Crippen MR) is 138 cm³/mol. The van der Waals surface area contributed by atoms with E-state index in [1.807, 2.05) is 20.1 Å². The number of carbonyl (C=O) groups excluding carboxylic acids is 4. The summed E-state index contributed by atoms with van der Waals surface area (Å²) in [6, 6.07) is 4.45. The van der Waals surface area contributed by atoms with Crippen LogP contribution in [0.2, 0.25) is 0 Å². The first kappa shape index (κ1) is 30.9. The van der Waals surface area contributed by atoms with Crippen molar-refractivity contribution >= 4 is 41.4 Å². The van der Waals surface area contributed by atoms with Crippen LogP contribution in [0.3, 0.4) is 0 Å². The van der Waals surface area contributed by atoms with Gasteiger partial charge in [0, 0.05) is 6.42 Å². The number of thioether (sulfide) groups is 1. The Hall–Kier alpha value is -3.12. The monoisotopic (exact) mass is 523 g/mol. The average molecular weight is 524 g/mol. The number of rotatable bonds is 16. The molecule has 1 aromatic rings. The van der Waals surface area contributed by atoms with E-state index in [0.29, 0.717) is 5.75 Å². The van der Waals surface area contributed by atoms with Crippen LogP contribution >= 0.6 is 11.8 Å². The molecule has 0 saturated carbocycles. The van der Waals surface area contributed by atoms with Crippen molar-refractivity contribution in [1.82, 2.24) is 16.0 Å². The van der Waals surface area contributed by atoms with Crippen LogP contribution < -0.4 is 27.4 Å². The number of carboxylic acid groups (broad SMARTS) is 1. The molecule has 200 valence electrons. The maximum atomic E-state index is 13.2. The molecule has 0 aliphatic carbocycles. The van der Waals surface area contributed by atoms with E-state index in [2.05, 4.69) is 16.0 Å². The van der Waals surface area contributed by atoms with Gasteiger partial charge < -0.3 is 32.5 Å². The Bertz CT molecular complexity index is 898. The van der Waals surface area contributed by atoms with E-state index < -0.39 is 60.2 Å². The highest BCUT2D eigenvalue weighted by atomic mass is 32.2. The summed E-state index contributed by atoms with van der Waals surface area (Å²) in [5.41, 5.74) is 11.6. The lowest BCUT2D eigenvalue weighted by Crippen LogP contribution is -2.58. The molecule has 8 N–H and O–H groups in total. The van der Waals surface area contributed by atoms with Gasteiger partial charge in [-0.15, -0.1) is 0 Å². The summed E-state index contributed by atoms with van der Waals surface area (Å²) in [6.45, 7) is 3.68. The highest BCUT2D eigenvalue weighted by molar-refractivity contribution is 7.98. The van der Waals surface area contributed by atoms with Gasteiger partial charge in [-0.1, -0.05) is 44.2 Å². The van der Waals surface area contributed by atoms with Gasteiger partial charge in [0.15, 0.2) is 0 Å². The molecule has 0 fully saturated rings. The zero-order chi connectivity index (χ0) is 27.3. The SMILES string of the molecule is CSCCC(NC(=O)C(Cc1ccccc1)NC(=O)C(N)CC(N)=O)C(=O)NC(CC(C)C)C(=O)O. The lowest BCUT2D eigenvalue weighted by molar-refractivity contribution is -0.142. The molecule has 0 aliphatic rings. The molecule has 0 saturated heterocycles. The second kappa shape index (κ2) is 15.8. The van der Waals surface area contributed by atoms with E-state index in [1.165, 1.54) is 11.8 Å². The number of hydrogen-bond acceptors (Lipinski definition) is 7. The van der Waals surface area contributed by atoms with Crippen molar-refractivity contribution in [1.29, 1.82) is 0 Å². The first-order valence-electron chi connectivity index (χ1n) is 11.6. The molecule has 4 amide bonds. The number of carboxylic acids is 1. The molecule has 1 aromatic carbocycles. The van der Waals surface area contributed by atoms with Crippen molar-refractivity contribution in [2.45, 2.75) is 63.7 Å². The summed E-state index contributed by atoms with van der Waals surface area (Å²) in [4.78, 5) is 61.5. The maximum absolute atomic E-state index is 13.2. The number of aliphatic carboxylic acids is 1. The van der Waals surface area contributed by atoms with Crippen molar-refractivity contribution in [3.05, 3.63) is 35.9 Å². The fraction of sp³-hybridized carbons (Fsp3) is 0.542. The van der Waals surface area contributed by atoms with E-state index >= 15 is 0 Å². The molecule has 1 rings (SSSR count). The third-order valence-electron chi connectivity index (χ3n) is 5.24. The zero-order valence-corrected chi connectivity index (χ0v) is 21.7. The highest BCUT2D eigenvalue weighted by Gasteiger charge is 2.30.